The summed E-state index contributed by atoms with van der Waals surface area (Å²) in [6.07, 6.45) is 8.06. The van der Waals surface area contributed by atoms with Crippen LogP contribution in [0.5, 0.6) is 0 Å². The topological polar surface area (TPSA) is 67.9 Å². The quantitative estimate of drug-likeness (QED) is 0.847. The first-order valence-electron chi connectivity index (χ1n) is 9.54. The van der Waals surface area contributed by atoms with Crippen molar-refractivity contribution in [3.63, 3.8) is 0 Å². The zero-order valence-corrected chi connectivity index (χ0v) is 14.3. The molecule has 6 nitrogen and oxygen atoms in total. The maximum atomic E-state index is 12.6. The molecule has 4 fully saturated rings. The van der Waals surface area contributed by atoms with Crippen LogP contribution in [0.1, 0.15) is 51.4 Å². The molecule has 0 aromatic rings. The minimum absolute atomic E-state index is 0.0937. The van der Waals surface area contributed by atoms with Crippen molar-refractivity contribution in [3.05, 3.63) is 0 Å². The molecule has 2 saturated carbocycles. The zero-order valence-electron chi connectivity index (χ0n) is 14.3. The van der Waals surface area contributed by atoms with Crippen molar-refractivity contribution >= 4 is 11.8 Å². The summed E-state index contributed by atoms with van der Waals surface area (Å²) in [6.45, 7) is 2.65. The van der Waals surface area contributed by atoms with Crippen LogP contribution in [0.2, 0.25) is 0 Å². The van der Waals surface area contributed by atoms with Crippen molar-refractivity contribution in [2.75, 3.05) is 26.3 Å². The third kappa shape index (κ3) is 3.31. The molecule has 2 atom stereocenters. The fraction of sp³-hybridized carbons (Fsp3) is 0.889. The van der Waals surface area contributed by atoms with Gasteiger partial charge in [0.15, 0.2) is 5.79 Å². The first-order chi connectivity index (χ1) is 11.7. The molecular weight excluding hydrogens is 308 g/mol. The summed E-state index contributed by atoms with van der Waals surface area (Å²) in [6, 6.07) is 0.328. The Balaban J connectivity index is 1.24. The summed E-state index contributed by atoms with van der Waals surface area (Å²) in [7, 11) is 0. The van der Waals surface area contributed by atoms with Gasteiger partial charge in [-0.1, -0.05) is 19.3 Å². The Bertz CT molecular complexity index is 487. The van der Waals surface area contributed by atoms with E-state index in [0.29, 0.717) is 38.8 Å². The average Bonchev–Trinajstić information content (AvgIpc) is 3.30. The van der Waals surface area contributed by atoms with Gasteiger partial charge < -0.3 is 19.7 Å². The van der Waals surface area contributed by atoms with Gasteiger partial charge in [-0.3, -0.25) is 9.59 Å². The molecule has 6 heteroatoms. The summed E-state index contributed by atoms with van der Waals surface area (Å²) in [4.78, 5) is 26.9. The highest BCUT2D eigenvalue weighted by Crippen LogP contribution is 2.42. The van der Waals surface area contributed by atoms with Crippen LogP contribution in [0.25, 0.3) is 0 Å². The number of hydrogen-bond acceptors (Lipinski definition) is 4. The highest BCUT2D eigenvalue weighted by Gasteiger charge is 2.51. The molecular formula is C18H28N2O4. The fourth-order valence-electron chi connectivity index (χ4n) is 4.40. The molecule has 2 amide bonds. The van der Waals surface area contributed by atoms with Crippen LogP contribution in [0.4, 0.5) is 0 Å². The zero-order chi connectivity index (χ0) is 16.6. The Morgan fingerprint density at radius 2 is 1.62 bits per heavy atom. The Morgan fingerprint density at radius 3 is 2.29 bits per heavy atom. The largest absolute Gasteiger partial charge is 0.353 e. The van der Waals surface area contributed by atoms with Crippen LogP contribution in [0.3, 0.4) is 0 Å². The molecule has 4 rings (SSSR count). The lowest BCUT2D eigenvalue weighted by Crippen LogP contribution is -2.48. The van der Waals surface area contributed by atoms with E-state index in [1.54, 1.807) is 0 Å². The van der Waals surface area contributed by atoms with Gasteiger partial charge in [0.25, 0.3) is 0 Å². The summed E-state index contributed by atoms with van der Waals surface area (Å²) in [5, 5.41) is 3.16. The fourth-order valence-corrected chi connectivity index (χ4v) is 4.40. The molecule has 2 heterocycles. The predicted octanol–water partition coefficient (Wildman–Crippen LogP) is 1.44. The van der Waals surface area contributed by atoms with Crippen LogP contribution in [0.15, 0.2) is 0 Å². The maximum Gasteiger partial charge on any atom is 0.226 e. The Kier molecular flexibility index (Phi) is 4.52. The second-order valence-corrected chi connectivity index (χ2v) is 7.73. The molecule has 0 aromatic heterocycles. The van der Waals surface area contributed by atoms with E-state index in [1.807, 2.05) is 4.90 Å². The molecule has 134 valence electrons. The molecule has 4 aliphatic rings. The van der Waals surface area contributed by atoms with Crippen LogP contribution < -0.4 is 5.32 Å². The average molecular weight is 336 g/mol. The number of amides is 2. The van der Waals surface area contributed by atoms with Crippen molar-refractivity contribution in [1.82, 2.24) is 10.2 Å². The molecule has 1 spiro atoms. The van der Waals surface area contributed by atoms with Gasteiger partial charge in [0.1, 0.15) is 0 Å². The Morgan fingerprint density at radius 1 is 0.958 bits per heavy atom. The molecule has 2 aliphatic carbocycles. The Labute approximate surface area is 143 Å². The van der Waals surface area contributed by atoms with E-state index in [0.717, 1.165) is 25.7 Å². The van der Waals surface area contributed by atoms with Crippen LogP contribution in [-0.4, -0.2) is 54.8 Å². The van der Waals surface area contributed by atoms with Gasteiger partial charge in [-0.05, 0) is 19.3 Å². The summed E-state index contributed by atoms with van der Waals surface area (Å²) >= 11 is 0. The molecule has 0 radical (unpaired) electrons. The normalized spacial score (nSPS) is 32.8. The predicted molar refractivity (Wildman–Crippen MR) is 87.1 cm³/mol. The number of likely N-dealkylation sites (tertiary alicyclic amines) is 1. The highest BCUT2D eigenvalue weighted by molar-refractivity contribution is 5.92. The second kappa shape index (κ2) is 6.64. The minimum Gasteiger partial charge on any atom is -0.353 e. The number of nitrogens with one attached hydrogen (secondary N) is 1. The second-order valence-electron chi connectivity index (χ2n) is 7.73. The van der Waals surface area contributed by atoms with Crippen LogP contribution >= 0.6 is 0 Å². The van der Waals surface area contributed by atoms with Gasteiger partial charge in [-0.2, -0.15) is 0 Å². The summed E-state index contributed by atoms with van der Waals surface area (Å²) < 4.78 is 11.4. The van der Waals surface area contributed by atoms with Crippen LogP contribution in [0, 0.1) is 11.8 Å². The molecule has 0 aromatic carbocycles. The first-order valence-corrected chi connectivity index (χ1v) is 9.54. The third-order valence-electron chi connectivity index (χ3n) is 6.05. The Hall–Kier alpha value is -1.14. The number of piperidine rings is 1. The number of nitrogens with zero attached hydrogens (tertiary/aromatic N) is 1. The molecule has 1 N–H and O–H groups in total. The molecule has 2 aliphatic heterocycles. The van der Waals surface area contributed by atoms with E-state index in [9.17, 15) is 9.59 Å². The van der Waals surface area contributed by atoms with Crippen molar-refractivity contribution in [3.8, 4) is 0 Å². The van der Waals surface area contributed by atoms with E-state index in [1.165, 1.54) is 19.3 Å². The molecule has 2 unspecified atom stereocenters. The summed E-state index contributed by atoms with van der Waals surface area (Å²) in [5.41, 5.74) is 0. The van der Waals surface area contributed by atoms with E-state index in [4.69, 9.17) is 9.47 Å². The van der Waals surface area contributed by atoms with Gasteiger partial charge in [-0.25, -0.2) is 0 Å². The maximum absolute atomic E-state index is 12.6. The molecule has 2 saturated heterocycles. The smallest absolute Gasteiger partial charge is 0.226 e. The van der Waals surface area contributed by atoms with E-state index >= 15 is 0 Å². The van der Waals surface area contributed by atoms with Crippen LogP contribution in [-0.2, 0) is 19.1 Å². The van der Waals surface area contributed by atoms with Gasteiger partial charge >= 0.3 is 0 Å². The minimum atomic E-state index is -0.446. The van der Waals surface area contributed by atoms with Gasteiger partial charge in [0.05, 0.1) is 25.0 Å². The number of rotatable bonds is 3. The third-order valence-corrected chi connectivity index (χ3v) is 6.05. The van der Waals surface area contributed by atoms with Crippen molar-refractivity contribution in [2.24, 2.45) is 11.8 Å². The van der Waals surface area contributed by atoms with Gasteiger partial charge in [0.2, 0.25) is 11.8 Å². The molecule has 0 bridgehead atoms. The number of hydrogen-bond donors (Lipinski definition) is 1. The number of ether oxygens (including phenoxy) is 2. The number of carbonyl (C=O) groups excluding carboxylic acids is 2. The lowest BCUT2D eigenvalue weighted by molar-refractivity contribution is -0.187. The standard InChI is InChI=1S/C18H28N2O4/c21-16(19-13-4-2-1-3-5-13)14-12-15(14)17(22)20-8-6-18(7-9-20)23-10-11-24-18/h13-15H,1-12H2,(H,19,21). The van der Waals surface area contributed by atoms with Crippen molar-refractivity contribution in [2.45, 2.75) is 63.2 Å². The first kappa shape index (κ1) is 16.3. The SMILES string of the molecule is O=C(NC1CCCCC1)C1CC1C(=O)N1CCC2(CC1)OCCO2. The van der Waals surface area contributed by atoms with E-state index < -0.39 is 5.79 Å². The van der Waals surface area contributed by atoms with Gasteiger partial charge in [-0.15, -0.1) is 0 Å². The van der Waals surface area contributed by atoms with E-state index in [2.05, 4.69) is 5.32 Å². The highest BCUT2D eigenvalue weighted by atomic mass is 16.7. The van der Waals surface area contributed by atoms with E-state index in [-0.39, 0.29) is 23.7 Å². The van der Waals surface area contributed by atoms with Gasteiger partial charge in [0, 0.05) is 32.0 Å². The lowest BCUT2D eigenvalue weighted by atomic mass is 9.95. The van der Waals surface area contributed by atoms with Crippen molar-refractivity contribution < 1.29 is 19.1 Å². The summed E-state index contributed by atoms with van der Waals surface area (Å²) in [5.74, 6) is -0.414. The van der Waals surface area contributed by atoms with Crippen molar-refractivity contribution in [1.29, 1.82) is 0 Å². The number of carbonyl (C=O) groups is 2. The monoisotopic (exact) mass is 336 g/mol. The molecule has 24 heavy (non-hydrogen) atoms. The lowest BCUT2D eigenvalue weighted by Gasteiger charge is -2.37.